The molecule has 1 rings (SSSR count). The van der Waals surface area contributed by atoms with Gasteiger partial charge in [0.25, 0.3) is 0 Å². The molecule has 108 valence electrons. The van der Waals surface area contributed by atoms with Crippen molar-refractivity contribution in [1.29, 1.82) is 0 Å². The summed E-state index contributed by atoms with van der Waals surface area (Å²) in [6, 6.07) is 6.50. The molecule has 0 fully saturated rings. The lowest BCUT2D eigenvalue weighted by Crippen LogP contribution is -2.37. The fraction of sp³-hybridized carbons (Fsp3) is 0.625. The van der Waals surface area contributed by atoms with Gasteiger partial charge in [-0.25, -0.2) is 0 Å². The monoisotopic (exact) mass is 265 g/mol. The van der Waals surface area contributed by atoms with E-state index < -0.39 is 5.60 Å². The van der Waals surface area contributed by atoms with E-state index in [4.69, 9.17) is 4.74 Å². The van der Waals surface area contributed by atoms with Gasteiger partial charge in [0, 0.05) is 6.04 Å². The van der Waals surface area contributed by atoms with E-state index in [9.17, 15) is 5.11 Å². The third kappa shape index (κ3) is 4.22. The van der Waals surface area contributed by atoms with Gasteiger partial charge in [0.15, 0.2) is 0 Å². The fourth-order valence-electron chi connectivity index (χ4n) is 1.66. The molecular formula is C16H27NO2. The van der Waals surface area contributed by atoms with E-state index in [0.29, 0.717) is 12.6 Å². The van der Waals surface area contributed by atoms with Gasteiger partial charge in [-0.05, 0) is 50.9 Å². The Hall–Kier alpha value is -1.06. The maximum Gasteiger partial charge on any atom is 0.122 e. The van der Waals surface area contributed by atoms with Gasteiger partial charge < -0.3 is 15.2 Å². The number of hydrogen-bond donors (Lipinski definition) is 2. The Morgan fingerprint density at radius 2 is 1.95 bits per heavy atom. The number of benzene rings is 1. The summed E-state index contributed by atoms with van der Waals surface area (Å²) in [6.45, 7) is 10.3. The average molecular weight is 265 g/mol. The Bertz CT molecular complexity index is 413. The highest BCUT2D eigenvalue weighted by Crippen LogP contribution is 2.25. The first kappa shape index (κ1) is 16.0. The van der Waals surface area contributed by atoms with Crippen LogP contribution in [0.25, 0.3) is 0 Å². The minimum Gasteiger partial charge on any atom is -0.490 e. The summed E-state index contributed by atoms with van der Waals surface area (Å²) >= 11 is 0. The molecule has 0 aliphatic carbocycles. The summed E-state index contributed by atoms with van der Waals surface area (Å²) in [5.41, 5.74) is 1.53. The van der Waals surface area contributed by atoms with E-state index in [1.54, 1.807) is 0 Å². The van der Waals surface area contributed by atoms with Gasteiger partial charge in [-0.2, -0.15) is 0 Å². The van der Waals surface area contributed by atoms with E-state index in [2.05, 4.69) is 24.4 Å². The van der Waals surface area contributed by atoms with Gasteiger partial charge in [0.05, 0.1) is 5.60 Å². The molecule has 0 bridgehead atoms. The van der Waals surface area contributed by atoms with Crippen LogP contribution in [0.15, 0.2) is 18.2 Å². The molecule has 19 heavy (non-hydrogen) atoms. The second-order valence-corrected chi connectivity index (χ2v) is 5.84. The standard InChI is InChI=1S/C16H27NO2/c1-11(2)16(5,18)10-19-15-8-7-14(9-12(15)3)13(4)17-6/h7-9,11,13,17-18H,10H2,1-6H3. The topological polar surface area (TPSA) is 41.5 Å². The van der Waals surface area contributed by atoms with Crippen LogP contribution in [-0.2, 0) is 0 Å². The highest BCUT2D eigenvalue weighted by molar-refractivity contribution is 5.37. The SMILES string of the molecule is CNC(C)c1ccc(OCC(C)(O)C(C)C)c(C)c1. The van der Waals surface area contributed by atoms with E-state index >= 15 is 0 Å². The summed E-state index contributed by atoms with van der Waals surface area (Å²) in [7, 11) is 1.95. The lowest BCUT2D eigenvalue weighted by Gasteiger charge is -2.28. The highest BCUT2D eigenvalue weighted by Gasteiger charge is 2.26. The molecule has 0 radical (unpaired) electrons. The summed E-state index contributed by atoms with van der Waals surface area (Å²) < 4.78 is 5.76. The lowest BCUT2D eigenvalue weighted by atomic mass is 9.94. The second-order valence-electron chi connectivity index (χ2n) is 5.84. The van der Waals surface area contributed by atoms with Crippen molar-refractivity contribution < 1.29 is 9.84 Å². The number of aliphatic hydroxyl groups is 1. The van der Waals surface area contributed by atoms with Crippen molar-refractivity contribution in [3.05, 3.63) is 29.3 Å². The van der Waals surface area contributed by atoms with Gasteiger partial charge >= 0.3 is 0 Å². The summed E-state index contributed by atoms with van der Waals surface area (Å²) in [6.07, 6.45) is 0. The van der Waals surface area contributed by atoms with Crippen molar-refractivity contribution in [1.82, 2.24) is 5.32 Å². The molecule has 2 unspecified atom stereocenters. The third-order valence-electron chi connectivity index (χ3n) is 3.90. The van der Waals surface area contributed by atoms with E-state index in [0.717, 1.165) is 11.3 Å². The third-order valence-corrected chi connectivity index (χ3v) is 3.90. The number of aryl methyl sites for hydroxylation is 1. The maximum absolute atomic E-state index is 10.2. The Morgan fingerprint density at radius 3 is 2.42 bits per heavy atom. The van der Waals surface area contributed by atoms with Crippen LogP contribution in [-0.4, -0.2) is 24.4 Å². The molecule has 2 atom stereocenters. The number of hydrogen-bond acceptors (Lipinski definition) is 3. The van der Waals surface area contributed by atoms with Crippen LogP contribution < -0.4 is 10.1 Å². The molecule has 1 aromatic rings. The smallest absolute Gasteiger partial charge is 0.122 e. The number of rotatable bonds is 6. The van der Waals surface area contributed by atoms with Crippen molar-refractivity contribution in [2.75, 3.05) is 13.7 Å². The zero-order valence-electron chi connectivity index (χ0n) is 12.9. The molecule has 3 nitrogen and oxygen atoms in total. The summed E-state index contributed by atoms with van der Waals surface area (Å²) in [4.78, 5) is 0. The molecule has 0 saturated carbocycles. The Labute approximate surface area is 117 Å². The quantitative estimate of drug-likeness (QED) is 0.830. The van der Waals surface area contributed by atoms with Crippen molar-refractivity contribution in [3.63, 3.8) is 0 Å². The molecular weight excluding hydrogens is 238 g/mol. The first-order chi connectivity index (χ1) is 8.77. The van der Waals surface area contributed by atoms with Crippen LogP contribution >= 0.6 is 0 Å². The molecule has 2 N–H and O–H groups in total. The minimum absolute atomic E-state index is 0.163. The molecule has 3 heteroatoms. The molecule has 0 heterocycles. The largest absolute Gasteiger partial charge is 0.490 e. The van der Waals surface area contributed by atoms with Crippen molar-refractivity contribution >= 4 is 0 Å². The van der Waals surface area contributed by atoms with Gasteiger partial charge in [0.2, 0.25) is 0 Å². The van der Waals surface area contributed by atoms with E-state index in [1.165, 1.54) is 5.56 Å². The van der Waals surface area contributed by atoms with Crippen LogP contribution in [0.2, 0.25) is 0 Å². The molecule has 0 amide bonds. The predicted molar refractivity (Wildman–Crippen MR) is 79.6 cm³/mol. The van der Waals surface area contributed by atoms with Crippen LogP contribution in [0.3, 0.4) is 0 Å². The minimum atomic E-state index is -0.802. The molecule has 0 aliphatic rings. The predicted octanol–water partition coefficient (Wildman–Crippen LogP) is 3.06. The highest BCUT2D eigenvalue weighted by atomic mass is 16.5. The number of nitrogens with one attached hydrogen (secondary N) is 1. The molecule has 0 spiro atoms. The Kier molecular flexibility index (Phi) is 5.39. The van der Waals surface area contributed by atoms with E-state index in [-0.39, 0.29) is 5.92 Å². The number of ether oxygens (including phenoxy) is 1. The van der Waals surface area contributed by atoms with Gasteiger partial charge in [-0.3, -0.25) is 0 Å². The normalized spacial score (nSPS) is 16.2. The van der Waals surface area contributed by atoms with Crippen molar-refractivity contribution in [3.8, 4) is 5.75 Å². The van der Waals surface area contributed by atoms with Crippen LogP contribution in [0.5, 0.6) is 5.75 Å². The first-order valence-corrected chi connectivity index (χ1v) is 6.91. The van der Waals surface area contributed by atoms with Gasteiger partial charge in [-0.1, -0.05) is 26.0 Å². The van der Waals surface area contributed by atoms with E-state index in [1.807, 2.05) is 40.8 Å². The van der Waals surface area contributed by atoms with Crippen LogP contribution in [0.1, 0.15) is 44.9 Å². The first-order valence-electron chi connectivity index (χ1n) is 6.91. The van der Waals surface area contributed by atoms with Crippen molar-refractivity contribution in [2.45, 2.75) is 46.3 Å². The zero-order valence-corrected chi connectivity index (χ0v) is 12.9. The lowest BCUT2D eigenvalue weighted by molar-refractivity contribution is -0.0268. The van der Waals surface area contributed by atoms with Gasteiger partial charge in [-0.15, -0.1) is 0 Å². The van der Waals surface area contributed by atoms with Crippen LogP contribution in [0.4, 0.5) is 0 Å². The second kappa shape index (κ2) is 6.40. The summed E-state index contributed by atoms with van der Waals surface area (Å²) in [5.74, 6) is 1.00. The molecule has 1 aromatic carbocycles. The molecule has 0 aromatic heterocycles. The fourth-order valence-corrected chi connectivity index (χ4v) is 1.66. The summed E-state index contributed by atoms with van der Waals surface area (Å²) in [5, 5.41) is 13.4. The van der Waals surface area contributed by atoms with Gasteiger partial charge in [0.1, 0.15) is 12.4 Å². The molecule has 0 saturated heterocycles. The van der Waals surface area contributed by atoms with Crippen LogP contribution in [0, 0.1) is 12.8 Å². The maximum atomic E-state index is 10.2. The molecule has 0 aliphatic heterocycles. The zero-order chi connectivity index (χ0) is 14.6. The van der Waals surface area contributed by atoms with Crippen molar-refractivity contribution in [2.24, 2.45) is 5.92 Å². The Morgan fingerprint density at radius 1 is 1.32 bits per heavy atom. The Balaban J connectivity index is 2.76. The average Bonchev–Trinajstić information content (AvgIpc) is 2.36.